The summed E-state index contributed by atoms with van der Waals surface area (Å²) in [6.45, 7) is 0. The first-order valence-corrected chi connectivity index (χ1v) is 18.7. The minimum Gasteiger partial charge on any atom is -0.455 e. The predicted molar refractivity (Wildman–Crippen MR) is 229 cm³/mol. The molecule has 55 heavy (non-hydrogen) atoms. The van der Waals surface area contributed by atoms with Crippen LogP contribution in [0.25, 0.3) is 88.0 Å². The average molecular weight is 704 g/mol. The third-order valence-electron chi connectivity index (χ3n) is 10.9. The highest BCUT2D eigenvalue weighted by atomic mass is 16.3. The number of para-hydroxylation sites is 3. The molecule has 11 aromatic rings. The summed E-state index contributed by atoms with van der Waals surface area (Å²) in [4.78, 5) is 2.33. The molecule has 0 fully saturated rings. The molecule has 0 aliphatic rings. The molecule has 0 bridgehead atoms. The molecule has 9 aromatic carbocycles. The molecule has 2 aromatic heterocycles. The third kappa shape index (κ3) is 5.20. The Morgan fingerprint density at radius 1 is 0.327 bits per heavy atom. The van der Waals surface area contributed by atoms with Gasteiger partial charge in [0.15, 0.2) is 5.58 Å². The van der Waals surface area contributed by atoms with Crippen molar-refractivity contribution in [1.82, 2.24) is 0 Å². The molecule has 0 aliphatic heterocycles. The van der Waals surface area contributed by atoms with Crippen molar-refractivity contribution in [2.24, 2.45) is 0 Å². The highest BCUT2D eigenvalue weighted by Crippen LogP contribution is 2.47. The zero-order valence-electron chi connectivity index (χ0n) is 29.8. The van der Waals surface area contributed by atoms with Crippen molar-refractivity contribution in [2.45, 2.75) is 0 Å². The van der Waals surface area contributed by atoms with Gasteiger partial charge >= 0.3 is 0 Å². The highest BCUT2D eigenvalue weighted by molar-refractivity contribution is 6.17. The largest absolute Gasteiger partial charge is 0.455 e. The van der Waals surface area contributed by atoms with Crippen LogP contribution in [0.5, 0.6) is 0 Å². The lowest BCUT2D eigenvalue weighted by atomic mass is 9.97. The Kier molecular flexibility index (Phi) is 7.17. The molecule has 0 saturated carbocycles. The van der Waals surface area contributed by atoms with Gasteiger partial charge in [-0.3, -0.25) is 0 Å². The van der Waals surface area contributed by atoms with E-state index in [1.807, 2.05) is 18.2 Å². The van der Waals surface area contributed by atoms with Gasteiger partial charge in [-0.25, -0.2) is 0 Å². The molecule has 3 heteroatoms. The van der Waals surface area contributed by atoms with Crippen LogP contribution >= 0.6 is 0 Å². The molecular formula is C52H33NO2. The van der Waals surface area contributed by atoms with Gasteiger partial charge in [0.1, 0.15) is 16.7 Å². The maximum atomic E-state index is 6.84. The zero-order valence-corrected chi connectivity index (χ0v) is 29.8. The second-order valence-electron chi connectivity index (χ2n) is 14.1. The van der Waals surface area contributed by atoms with Gasteiger partial charge in [0.2, 0.25) is 0 Å². The summed E-state index contributed by atoms with van der Waals surface area (Å²) in [5.74, 6) is 0. The quantitative estimate of drug-likeness (QED) is 0.173. The molecule has 0 atom stereocenters. The van der Waals surface area contributed by atoms with Crippen LogP contribution in [0.15, 0.2) is 209 Å². The van der Waals surface area contributed by atoms with E-state index in [9.17, 15) is 0 Å². The number of benzene rings is 9. The number of nitrogens with zero attached hydrogens (tertiary/aromatic N) is 1. The maximum absolute atomic E-state index is 6.84. The van der Waals surface area contributed by atoms with Gasteiger partial charge in [-0.05, 0) is 87.1 Å². The molecule has 2 heterocycles. The Morgan fingerprint density at radius 3 is 1.71 bits per heavy atom. The van der Waals surface area contributed by atoms with E-state index in [2.05, 4.69) is 187 Å². The smallest absolute Gasteiger partial charge is 0.160 e. The lowest BCUT2D eigenvalue weighted by Gasteiger charge is -2.26. The number of furan rings is 2. The molecule has 0 spiro atoms. The van der Waals surface area contributed by atoms with Crippen LogP contribution < -0.4 is 4.90 Å². The van der Waals surface area contributed by atoms with Gasteiger partial charge in [0.05, 0.1) is 5.69 Å². The minimum atomic E-state index is 0.846. The monoisotopic (exact) mass is 703 g/mol. The van der Waals surface area contributed by atoms with Crippen molar-refractivity contribution in [1.29, 1.82) is 0 Å². The number of anilines is 3. The van der Waals surface area contributed by atoms with E-state index in [1.54, 1.807) is 0 Å². The van der Waals surface area contributed by atoms with Gasteiger partial charge in [-0.2, -0.15) is 0 Å². The van der Waals surface area contributed by atoms with E-state index in [0.717, 1.165) is 88.6 Å². The van der Waals surface area contributed by atoms with Crippen LogP contribution in [0.3, 0.4) is 0 Å². The number of fused-ring (bicyclic) bond motifs is 7. The zero-order chi connectivity index (χ0) is 36.3. The molecule has 258 valence electrons. The summed E-state index contributed by atoms with van der Waals surface area (Å²) in [7, 11) is 0. The number of hydrogen-bond acceptors (Lipinski definition) is 3. The van der Waals surface area contributed by atoms with E-state index in [0.29, 0.717) is 0 Å². The van der Waals surface area contributed by atoms with Crippen molar-refractivity contribution in [3.8, 4) is 33.4 Å². The van der Waals surface area contributed by atoms with Gasteiger partial charge in [-0.1, -0.05) is 152 Å². The SMILES string of the molecule is c1ccc(-c2ccc3cc(N(c4ccc(-c5cccc6c5oc5ccccc56)cc4)c4ccc(-c5ccccc5)c5c4oc4ccccc45)ccc3c2)cc1. The summed E-state index contributed by atoms with van der Waals surface area (Å²) in [6.07, 6.45) is 0. The standard InChI is InChI=1S/C52H33NO2/c1-3-12-34(13-4-1)37-22-23-39-33-41(29-26-38(39)32-37)53(40-27-24-36(25-28-40)43-18-11-19-45-44-16-7-9-20-48(44)54-51(43)45)47-31-30-42(35-14-5-2-6-15-35)50-46-17-8-10-21-49(46)55-52(47)50/h1-33H. The van der Waals surface area contributed by atoms with Crippen molar-refractivity contribution in [2.75, 3.05) is 4.90 Å². The summed E-state index contributed by atoms with van der Waals surface area (Å²) >= 11 is 0. The van der Waals surface area contributed by atoms with E-state index in [1.165, 1.54) is 16.5 Å². The van der Waals surface area contributed by atoms with Crippen molar-refractivity contribution >= 4 is 71.7 Å². The molecular weight excluding hydrogens is 671 g/mol. The Morgan fingerprint density at radius 2 is 0.909 bits per heavy atom. The Hall–Kier alpha value is -7.36. The molecule has 0 unspecified atom stereocenters. The summed E-state index contributed by atoms with van der Waals surface area (Å²) in [5.41, 5.74) is 13.4. The number of rotatable bonds is 6. The minimum absolute atomic E-state index is 0.846. The first kappa shape index (κ1) is 31.2. The fourth-order valence-electron chi connectivity index (χ4n) is 8.22. The van der Waals surface area contributed by atoms with Crippen molar-refractivity contribution in [3.05, 3.63) is 200 Å². The maximum Gasteiger partial charge on any atom is 0.160 e. The van der Waals surface area contributed by atoms with Crippen LogP contribution in [0, 0.1) is 0 Å². The van der Waals surface area contributed by atoms with Crippen LogP contribution in [-0.2, 0) is 0 Å². The van der Waals surface area contributed by atoms with Crippen molar-refractivity contribution < 1.29 is 8.83 Å². The molecule has 3 nitrogen and oxygen atoms in total. The average Bonchev–Trinajstić information content (AvgIpc) is 3.84. The number of hydrogen-bond donors (Lipinski definition) is 0. The Labute approximate surface area is 317 Å². The summed E-state index contributed by atoms with van der Waals surface area (Å²) < 4.78 is 13.3. The normalized spacial score (nSPS) is 11.6. The fourth-order valence-corrected chi connectivity index (χ4v) is 8.22. The molecule has 0 N–H and O–H groups in total. The first-order valence-electron chi connectivity index (χ1n) is 18.7. The van der Waals surface area contributed by atoms with E-state index >= 15 is 0 Å². The second-order valence-corrected chi connectivity index (χ2v) is 14.1. The van der Waals surface area contributed by atoms with Gasteiger partial charge < -0.3 is 13.7 Å². The Balaban J connectivity index is 1.11. The lowest BCUT2D eigenvalue weighted by Crippen LogP contribution is -2.10. The fraction of sp³-hybridized carbons (Fsp3) is 0. The first-order chi connectivity index (χ1) is 27.3. The third-order valence-corrected chi connectivity index (χ3v) is 10.9. The lowest BCUT2D eigenvalue weighted by molar-refractivity contribution is 0.669. The summed E-state index contributed by atoms with van der Waals surface area (Å²) in [5, 5.41) is 6.80. The van der Waals surface area contributed by atoms with E-state index in [-0.39, 0.29) is 0 Å². The van der Waals surface area contributed by atoms with Crippen LogP contribution in [-0.4, -0.2) is 0 Å². The molecule has 0 saturated heterocycles. The van der Waals surface area contributed by atoms with Crippen LogP contribution in [0.1, 0.15) is 0 Å². The van der Waals surface area contributed by atoms with Gasteiger partial charge in [0.25, 0.3) is 0 Å². The topological polar surface area (TPSA) is 29.5 Å². The molecule has 0 amide bonds. The van der Waals surface area contributed by atoms with Gasteiger partial charge in [-0.15, -0.1) is 0 Å². The Bertz CT molecular complexity index is 3190. The van der Waals surface area contributed by atoms with Crippen LogP contribution in [0.4, 0.5) is 17.1 Å². The summed E-state index contributed by atoms with van der Waals surface area (Å²) in [6, 6.07) is 70.9. The molecule has 0 radical (unpaired) electrons. The highest BCUT2D eigenvalue weighted by Gasteiger charge is 2.23. The molecule has 11 rings (SSSR count). The predicted octanol–water partition coefficient (Wildman–Crippen LogP) is 15.1. The van der Waals surface area contributed by atoms with E-state index in [4.69, 9.17) is 8.83 Å². The second kappa shape index (κ2) is 12.6. The van der Waals surface area contributed by atoms with Gasteiger partial charge in [0, 0.05) is 38.5 Å². The molecule has 0 aliphatic carbocycles. The van der Waals surface area contributed by atoms with Crippen molar-refractivity contribution in [3.63, 3.8) is 0 Å². The van der Waals surface area contributed by atoms with Crippen LogP contribution in [0.2, 0.25) is 0 Å². The van der Waals surface area contributed by atoms with E-state index < -0.39 is 0 Å².